The molecule has 0 spiro atoms. The molecule has 0 bridgehead atoms. The van der Waals surface area contributed by atoms with E-state index in [0.29, 0.717) is 23.7 Å². The molecule has 2 aromatic heterocycles. The number of amides is 1. The lowest BCUT2D eigenvalue weighted by Crippen LogP contribution is -2.62. The van der Waals surface area contributed by atoms with Crippen LogP contribution in [0.2, 0.25) is 0 Å². The van der Waals surface area contributed by atoms with Gasteiger partial charge in [0, 0.05) is 29.5 Å². The summed E-state index contributed by atoms with van der Waals surface area (Å²) in [4.78, 5) is 16.9. The predicted octanol–water partition coefficient (Wildman–Crippen LogP) is 4.70. The van der Waals surface area contributed by atoms with Gasteiger partial charge in [-0.05, 0) is 38.0 Å². The molecule has 5 rings (SSSR count). The number of ether oxygens (including phenoxy) is 1. The van der Waals surface area contributed by atoms with Crippen molar-refractivity contribution in [1.29, 1.82) is 0 Å². The Kier molecular flexibility index (Phi) is 6.60. The van der Waals surface area contributed by atoms with Crippen molar-refractivity contribution in [3.05, 3.63) is 59.2 Å². The van der Waals surface area contributed by atoms with Crippen LogP contribution >= 0.6 is 10.6 Å². The molecule has 0 saturated carbocycles. The summed E-state index contributed by atoms with van der Waals surface area (Å²) in [6, 6.07) is 3.64. The van der Waals surface area contributed by atoms with Gasteiger partial charge in [-0.2, -0.15) is 24.5 Å². The fraction of sp³-hybridized carbons (Fsp3) is 0.375. The van der Waals surface area contributed by atoms with Gasteiger partial charge >= 0.3 is 6.61 Å². The minimum atomic E-state index is -3.14. The van der Waals surface area contributed by atoms with Gasteiger partial charge < -0.3 is 10.1 Å². The van der Waals surface area contributed by atoms with Gasteiger partial charge in [0.1, 0.15) is 17.4 Å². The van der Waals surface area contributed by atoms with E-state index in [1.54, 1.807) is 6.92 Å². The van der Waals surface area contributed by atoms with Crippen molar-refractivity contribution in [2.24, 2.45) is 5.92 Å². The van der Waals surface area contributed by atoms with E-state index in [-0.39, 0.29) is 53.1 Å². The van der Waals surface area contributed by atoms with E-state index in [4.69, 9.17) is 0 Å². The van der Waals surface area contributed by atoms with Gasteiger partial charge in [0.15, 0.2) is 11.6 Å². The lowest BCUT2D eigenvalue weighted by molar-refractivity contribution is -0.126. The number of halogens is 5. The third-order valence-electron chi connectivity index (χ3n) is 6.57. The highest BCUT2D eigenvalue weighted by Crippen LogP contribution is 2.54. The molecule has 3 aromatic rings. The first-order valence-electron chi connectivity index (χ1n) is 11.6. The number of fused-ring (bicyclic) bond motifs is 1. The van der Waals surface area contributed by atoms with Crippen LogP contribution in [0.3, 0.4) is 0 Å². The van der Waals surface area contributed by atoms with Crippen LogP contribution in [0.1, 0.15) is 24.6 Å². The number of aromatic nitrogens is 3. The van der Waals surface area contributed by atoms with Crippen LogP contribution in [-0.4, -0.2) is 53.4 Å². The van der Waals surface area contributed by atoms with Gasteiger partial charge in [0.25, 0.3) is 0 Å². The van der Waals surface area contributed by atoms with Crippen LogP contribution in [0.15, 0.2) is 30.5 Å². The number of nitrogens with zero attached hydrogens (tertiary/aromatic N) is 3. The molecule has 14 heteroatoms. The summed E-state index contributed by atoms with van der Waals surface area (Å²) in [5.41, 5.74) is -0.137. The van der Waals surface area contributed by atoms with E-state index in [2.05, 4.69) is 20.1 Å². The summed E-state index contributed by atoms with van der Waals surface area (Å²) in [6.07, 6.45) is 1.33. The highest BCUT2D eigenvalue weighted by molar-refractivity contribution is 8.25. The first-order chi connectivity index (χ1) is 17.8. The van der Waals surface area contributed by atoms with Crippen molar-refractivity contribution in [2.45, 2.75) is 38.3 Å². The van der Waals surface area contributed by atoms with E-state index in [1.165, 1.54) is 0 Å². The van der Waals surface area contributed by atoms with E-state index in [0.717, 1.165) is 29.1 Å². The highest BCUT2D eigenvalue weighted by atomic mass is 32.3. The number of carbonyl (C=O) groups is 1. The molecule has 8 nitrogen and oxygen atoms in total. The molecule has 1 atom stereocenters. The maximum Gasteiger partial charge on any atom is 0.387 e. The van der Waals surface area contributed by atoms with Crippen LogP contribution in [0, 0.1) is 23.4 Å². The minimum Gasteiger partial charge on any atom is -0.435 e. The molecular weight excluding hydrogens is 535 g/mol. The molecule has 204 valence electrons. The summed E-state index contributed by atoms with van der Waals surface area (Å²) in [5.74, 6) is -4.35. The first-order valence-corrected chi connectivity index (χ1v) is 13.5. The fourth-order valence-corrected chi connectivity index (χ4v) is 7.20. The third kappa shape index (κ3) is 5.07. The van der Waals surface area contributed by atoms with Crippen LogP contribution in [0.25, 0.3) is 17.1 Å². The number of hydrogen-bond donors (Lipinski definition) is 3. The van der Waals surface area contributed by atoms with Gasteiger partial charge in [-0.3, -0.25) is 13.9 Å². The van der Waals surface area contributed by atoms with Crippen LogP contribution in [0.4, 0.5) is 22.0 Å². The van der Waals surface area contributed by atoms with E-state index >= 15 is 0 Å². The topological polar surface area (TPSA) is 110 Å². The number of benzene rings is 1. The van der Waals surface area contributed by atoms with Crippen molar-refractivity contribution >= 4 is 16.5 Å². The molecule has 38 heavy (non-hydrogen) atoms. The van der Waals surface area contributed by atoms with Gasteiger partial charge in [0.2, 0.25) is 5.91 Å². The zero-order valence-electron chi connectivity index (χ0n) is 19.9. The Balaban J connectivity index is 1.54. The standard InChI is InChI=1S/C24H23F5N4O4S/c1-24(10-38(35,36)11-24)31-22(34)12-2-4-15-19(6-12)33(21-18(27)7-13(25)9-30-21)32-20(15)16-8-14(37-23(28)29)3-5-17(16)26/h3,5,7-9,12,23,35-36H,2,4,6,10-11H2,1H3,(H,31,34). The van der Waals surface area contributed by atoms with Crippen molar-refractivity contribution < 1.29 is 40.6 Å². The normalized spacial score (nSPS) is 20.4. The molecule has 3 heterocycles. The number of alkyl halides is 2. The maximum absolute atomic E-state index is 14.9. The van der Waals surface area contributed by atoms with Gasteiger partial charge in [-0.1, -0.05) is 0 Å². The second-order valence-electron chi connectivity index (χ2n) is 9.75. The van der Waals surface area contributed by atoms with Crippen molar-refractivity contribution in [3.8, 4) is 22.8 Å². The Hall–Kier alpha value is -3.23. The van der Waals surface area contributed by atoms with Crippen molar-refractivity contribution in [1.82, 2.24) is 20.1 Å². The zero-order chi connectivity index (χ0) is 27.4. The average Bonchev–Trinajstić information content (AvgIpc) is 3.17. The molecule has 1 saturated heterocycles. The highest BCUT2D eigenvalue weighted by Gasteiger charge is 2.46. The third-order valence-corrected chi connectivity index (χ3v) is 8.77. The Morgan fingerprint density at radius 3 is 2.61 bits per heavy atom. The Bertz CT molecular complexity index is 1410. The van der Waals surface area contributed by atoms with Crippen LogP contribution in [0.5, 0.6) is 5.75 Å². The van der Waals surface area contributed by atoms with Crippen LogP contribution in [-0.2, 0) is 17.6 Å². The Morgan fingerprint density at radius 1 is 1.21 bits per heavy atom. The van der Waals surface area contributed by atoms with E-state index < -0.39 is 46.1 Å². The monoisotopic (exact) mass is 558 g/mol. The fourth-order valence-electron chi connectivity index (χ4n) is 5.10. The van der Waals surface area contributed by atoms with Gasteiger partial charge in [-0.25, -0.2) is 22.8 Å². The zero-order valence-corrected chi connectivity index (χ0v) is 20.7. The number of carbonyl (C=O) groups excluding carboxylic acids is 1. The number of rotatable bonds is 6. The summed E-state index contributed by atoms with van der Waals surface area (Å²) in [7, 11) is -2.71. The van der Waals surface area contributed by atoms with Crippen molar-refractivity contribution in [2.75, 3.05) is 11.5 Å². The smallest absolute Gasteiger partial charge is 0.387 e. The Labute approximate surface area is 215 Å². The molecule has 1 amide bonds. The summed E-state index contributed by atoms with van der Waals surface area (Å²) >= 11 is 0. The molecule has 2 aliphatic rings. The maximum atomic E-state index is 14.9. The molecule has 1 unspecified atom stereocenters. The van der Waals surface area contributed by atoms with Gasteiger partial charge in [0.05, 0.1) is 34.6 Å². The second kappa shape index (κ2) is 9.50. The first kappa shape index (κ1) is 26.4. The summed E-state index contributed by atoms with van der Waals surface area (Å²) in [5, 5.41) is 7.18. The predicted molar refractivity (Wildman–Crippen MR) is 128 cm³/mol. The molecule has 1 fully saturated rings. The van der Waals surface area contributed by atoms with Crippen LogP contribution < -0.4 is 10.1 Å². The number of hydrogen-bond acceptors (Lipinski definition) is 6. The van der Waals surface area contributed by atoms with E-state index in [1.807, 2.05) is 0 Å². The lowest BCUT2D eigenvalue weighted by atomic mass is 9.84. The number of pyridine rings is 1. The largest absolute Gasteiger partial charge is 0.435 e. The molecule has 1 aliphatic heterocycles. The van der Waals surface area contributed by atoms with Gasteiger partial charge in [-0.15, -0.1) is 0 Å². The summed E-state index contributed by atoms with van der Waals surface area (Å²) in [6.45, 7) is -1.44. The lowest BCUT2D eigenvalue weighted by Gasteiger charge is -2.54. The molecule has 0 radical (unpaired) electrons. The average molecular weight is 559 g/mol. The molecule has 1 aromatic carbocycles. The Morgan fingerprint density at radius 2 is 1.95 bits per heavy atom. The molecule has 1 aliphatic carbocycles. The summed E-state index contributed by atoms with van der Waals surface area (Å²) < 4.78 is 93.6. The second-order valence-corrected chi connectivity index (χ2v) is 11.9. The number of nitrogens with one attached hydrogen (secondary N) is 1. The van der Waals surface area contributed by atoms with Crippen molar-refractivity contribution in [3.63, 3.8) is 0 Å². The quantitative estimate of drug-likeness (QED) is 0.379. The SMILES string of the molecule is CC1(NC(=O)C2CCc3c(-c4cc(OC(F)F)ccc4F)nn(-c4ncc(F)cc4F)c3C2)CS(O)(O)C1. The molecular formula is C24H23F5N4O4S. The molecule has 3 N–H and O–H groups in total. The van der Waals surface area contributed by atoms with E-state index in [9.17, 15) is 35.9 Å². The minimum absolute atomic E-state index is 0.0292.